The summed E-state index contributed by atoms with van der Waals surface area (Å²) in [5.74, 6) is -0.139. The van der Waals surface area contributed by atoms with Crippen LogP contribution in [0, 0.1) is 11.3 Å². The molecule has 0 amide bonds. The lowest BCUT2D eigenvalue weighted by Gasteiger charge is -2.39. The fourth-order valence-electron chi connectivity index (χ4n) is 5.58. The first-order valence-corrected chi connectivity index (χ1v) is 12.0. The van der Waals surface area contributed by atoms with Crippen molar-refractivity contribution in [3.63, 3.8) is 0 Å². The number of nitrogens with zero attached hydrogens (tertiary/aromatic N) is 1. The van der Waals surface area contributed by atoms with Gasteiger partial charge < -0.3 is 14.2 Å². The first-order valence-electron chi connectivity index (χ1n) is 12.0. The number of hydrogen-bond donors (Lipinski definition) is 0. The lowest BCUT2D eigenvalue weighted by Crippen LogP contribution is -2.40. The molecule has 6 heteroatoms. The summed E-state index contributed by atoms with van der Waals surface area (Å²) in [7, 11) is 3.20. The zero-order valence-electron chi connectivity index (χ0n) is 20.4. The van der Waals surface area contributed by atoms with Crippen molar-refractivity contribution in [2.75, 3.05) is 14.2 Å². The van der Waals surface area contributed by atoms with E-state index in [2.05, 4.69) is 13.8 Å². The molecule has 3 aliphatic rings. The molecule has 1 fully saturated rings. The Balaban J connectivity index is 1.81. The molecule has 0 saturated heterocycles. The highest BCUT2D eigenvalue weighted by Gasteiger charge is 2.47. The minimum Gasteiger partial charge on any atom is -0.497 e. The molecule has 2 aliphatic carbocycles. The van der Waals surface area contributed by atoms with Crippen LogP contribution in [0.1, 0.15) is 77.2 Å². The van der Waals surface area contributed by atoms with Crippen LogP contribution in [-0.4, -0.2) is 37.8 Å². The van der Waals surface area contributed by atoms with E-state index < -0.39 is 11.8 Å². The number of ketones is 1. The highest BCUT2D eigenvalue weighted by molar-refractivity contribution is 6.09. The molecule has 178 valence electrons. The van der Waals surface area contributed by atoms with Crippen molar-refractivity contribution in [2.24, 2.45) is 16.3 Å². The van der Waals surface area contributed by atoms with Crippen LogP contribution < -0.4 is 9.47 Å². The van der Waals surface area contributed by atoms with Gasteiger partial charge in [-0.05, 0) is 50.5 Å². The third-order valence-electron chi connectivity index (χ3n) is 7.17. The van der Waals surface area contributed by atoms with Gasteiger partial charge in [-0.1, -0.05) is 26.3 Å². The maximum absolute atomic E-state index is 13.6. The van der Waals surface area contributed by atoms with Crippen LogP contribution in [0.5, 0.6) is 11.5 Å². The quantitative estimate of drug-likeness (QED) is 0.558. The summed E-state index contributed by atoms with van der Waals surface area (Å²) in [5, 5.41) is 0. The van der Waals surface area contributed by atoms with Gasteiger partial charge in [0.05, 0.1) is 14.2 Å². The third kappa shape index (κ3) is 4.71. The predicted molar refractivity (Wildman–Crippen MR) is 127 cm³/mol. The number of carbonyl (C=O) groups is 2. The van der Waals surface area contributed by atoms with Crippen LogP contribution in [0.25, 0.3) is 0 Å². The van der Waals surface area contributed by atoms with E-state index in [1.807, 2.05) is 19.1 Å². The van der Waals surface area contributed by atoms with E-state index in [4.69, 9.17) is 19.2 Å². The van der Waals surface area contributed by atoms with E-state index in [1.54, 1.807) is 20.3 Å². The molecule has 2 atom stereocenters. The number of esters is 1. The molecule has 33 heavy (non-hydrogen) atoms. The summed E-state index contributed by atoms with van der Waals surface area (Å²) in [6.07, 6.45) is 6.20. The monoisotopic (exact) mass is 453 g/mol. The molecule has 1 saturated carbocycles. The summed E-state index contributed by atoms with van der Waals surface area (Å²) < 4.78 is 17.1. The number of benzene rings is 1. The lowest BCUT2D eigenvalue weighted by atomic mass is 9.66. The van der Waals surface area contributed by atoms with Gasteiger partial charge >= 0.3 is 5.97 Å². The van der Waals surface area contributed by atoms with Crippen LogP contribution in [0.3, 0.4) is 0 Å². The SMILES string of the molecule is COc1ccc([C@@H]2C3=C(CC(C)(C)CC3=O)N=C(C)C2C(=O)OC2CCCCC2)c(OC)c1. The number of methoxy groups -OCH3 is 2. The summed E-state index contributed by atoms with van der Waals surface area (Å²) in [4.78, 5) is 31.9. The van der Waals surface area contributed by atoms with Crippen LogP contribution in [0.15, 0.2) is 34.5 Å². The zero-order chi connectivity index (χ0) is 23.8. The Labute approximate surface area is 196 Å². The van der Waals surface area contributed by atoms with Crippen molar-refractivity contribution in [1.29, 1.82) is 0 Å². The van der Waals surface area contributed by atoms with Crippen molar-refractivity contribution < 1.29 is 23.8 Å². The van der Waals surface area contributed by atoms with Gasteiger partial charge in [0.1, 0.15) is 23.5 Å². The van der Waals surface area contributed by atoms with Gasteiger partial charge in [-0.3, -0.25) is 14.6 Å². The topological polar surface area (TPSA) is 74.2 Å². The fourth-order valence-corrected chi connectivity index (χ4v) is 5.58. The average molecular weight is 454 g/mol. The summed E-state index contributed by atoms with van der Waals surface area (Å²) in [6, 6.07) is 5.55. The molecule has 1 aromatic rings. The minimum atomic E-state index is -0.655. The standard InChI is InChI=1S/C27H35NO5/c1-16-23(26(30)33-17-9-7-6-8-10-17)24(19-12-11-18(31-4)13-22(19)32-5)25-20(28-16)14-27(2,3)15-21(25)29/h11-13,17,23-24H,6-10,14-15H2,1-5H3/t23?,24-/m0/s1. The highest BCUT2D eigenvalue weighted by atomic mass is 16.5. The second-order valence-corrected chi connectivity index (χ2v) is 10.3. The average Bonchev–Trinajstić information content (AvgIpc) is 2.77. The third-order valence-corrected chi connectivity index (χ3v) is 7.17. The molecule has 1 aliphatic heterocycles. The highest BCUT2D eigenvalue weighted by Crippen LogP contribution is 2.50. The maximum atomic E-state index is 13.6. The summed E-state index contributed by atoms with van der Waals surface area (Å²) in [5.41, 5.74) is 2.75. The van der Waals surface area contributed by atoms with Gasteiger partial charge in [0.2, 0.25) is 0 Å². The Morgan fingerprint density at radius 1 is 1.06 bits per heavy atom. The Morgan fingerprint density at radius 3 is 2.45 bits per heavy atom. The molecule has 1 aromatic carbocycles. The number of Topliss-reactive ketones (excluding diaryl/α,β-unsaturated/α-hetero) is 1. The van der Waals surface area contributed by atoms with E-state index in [9.17, 15) is 9.59 Å². The van der Waals surface area contributed by atoms with E-state index in [-0.39, 0.29) is 23.3 Å². The van der Waals surface area contributed by atoms with Gasteiger partial charge in [-0.2, -0.15) is 0 Å². The number of allylic oxidation sites excluding steroid dienone is 2. The van der Waals surface area contributed by atoms with E-state index in [0.717, 1.165) is 36.9 Å². The molecular weight excluding hydrogens is 418 g/mol. The van der Waals surface area contributed by atoms with Crippen LogP contribution >= 0.6 is 0 Å². The fraction of sp³-hybridized carbons (Fsp3) is 0.593. The number of carbonyl (C=O) groups excluding carboxylic acids is 2. The van der Waals surface area contributed by atoms with Crippen molar-refractivity contribution >= 4 is 17.5 Å². The molecule has 4 rings (SSSR count). The number of rotatable bonds is 5. The Hall–Kier alpha value is -2.63. The second-order valence-electron chi connectivity index (χ2n) is 10.3. The zero-order valence-corrected chi connectivity index (χ0v) is 20.4. The molecule has 6 nitrogen and oxygen atoms in total. The van der Waals surface area contributed by atoms with E-state index >= 15 is 0 Å². The maximum Gasteiger partial charge on any atom is 0.315 e. The second kappa shape index (κ2) is 9.32. The van der Waals surface area contributed by atoms with Gasteiger partial charge in [-0.15, -0.1) is 0 Å². The van der Waals surface area contributed by atoms with Gasteiger partial charge in [-0.25, -0.2) is 0 Å². The Morgan fingerprint density at radius 2 is 1.79 bits per heavy atom. The Kier molecular flexibility index (Phi) is 6.64. The largest absolute Gasteiger partial charge is 0.497 e. The van der Waals surface area contributed by atoms with Crippen LogP contribution in [-0.2, 0) is 14.3 Å². The molecule has 0 bridgehead atoms. The first-order chi connectivity index (χ1) is 15.7. The molecule has 0 radical (unpaired) electrons. The van der Waals surface area contributed by atoms with Crippen molar-refractivity contribution in [1.82, 2.24) is 0 Å². The normalized spacial score (nSPS) is 25.2. The number of ether oxygens (including phenoxy) is 3. The summed E-state index contributed by atoms with van der Waals surface area (Å²) in [6.45, 7) is 6.06. The molecule has 0 aromatic heterocycles. The molecular formula is C27H35NO5. The van der Waals surface area contributed by atoms with E-state index in [0.29, 0.717) is 35.6 Å². The van der Waals surface area contributed by atoms with Crippen molar-refractivity contribution in [2.45, 2.75) is 77.7 Å². The Bertz CT molecular complexity index is 1000. The molecule has 0 spiro atoms. The van der Waals surface area contributed by atoms with Gasteiger partial charge in [0.25, 0.3) is 0 Å². The van der Waals surface area contributed by atoms with Crippen LogP contribution in [0.4, 0.5) is 0 Å². The smallest absolute Gasteiger partial charge is 0.315 e. The van der Waals surface area contributed by atoms with Crippen molar-refractivity contribution in [3.8, 4) is 11.5 Å². The molecule has 0 N–H and O–H groups in total. The summed E-state index contributed by atoms with van der Waals surface area (Å²) >= 11 is 0. The lowest BCUT2D eigenvalue weighted by molar-refractivity contribution is -0.153. The number of aliphatic imine (C=N–C) groups is 1. The van der Waals surface area contributed by atoms with Crippen LogP contribution in [0.2, 0.25) is 0 Å². The van der Waals surface area contributed by atoms with Crippen molar-refractivity contribution in [3.05, 3.63) is 35.0 Å². The molecule has 1 heterocycles. The van der Waals surface area contributed by atoms with Gasteiger partial charge in [0, 0.05) is 41.0 Å². The minimum absolute atomic E-state index is 0.0517. The van der Waals surface area contributed by atoms with Gasteiger partial charge in [0.15, 0.2) is 5.78 Å². The number of hydrogen-bond acceptors (Lipinski definition) is 6. The first kappa shape index (κ1) is 23.5. The molecule has 1 unspecified atom stereocenters. The predicted octanol–water partition coefficient (Wildman–Crippen LogP) is 5.40. The van der Waals surface area contributed by atoms with E-state index in [1.165, 1.54) is 6.42 Å².